The summed E-state index contributed by atoms with van der Waals surface area (Å²) in [6.07, 6.45) is 8.51. The van der Waals surface area contributed by atoms with Crippen LogP contribution < -0.4 is 15.5 Å². The molecule has 2 saturated carbocycles. The van der Waals surface area contributed by atoms with Crippen molar-refractivity contribution in [2.24, 2.45) is 11.1 Å². The summed E-state index contributed by atoms with van der Waals surface area (Å²) in [5.41, 5.74) is 6.12. The molecule has 0 bridgehead atoms. The molecule has 7 nitrogen and oxygen atoms in total. The molecular weight excluding hydrogens is 402 g/mol. The van der Waals surface area contributed by atoms with Crippen molar-refractivity contribution in [2.75, 3.05) is 23.4 Å². The van der Waals surface area contributed by atoms with Crippen LogP contribution >= 0.6 is 11.6 Å². The van der Waals surface area contributed by atoms with E-state index >= 15 is 0 Å². The molecule has 0 saturated heterocycles. The molecule has 2 heterocycles. The van der Waals surface area contributed by atoms with Gasteiger partial charge in [-0.15, -0.1) is 0 Å². The molecule has 2 amide bonds. The molecule has 158 valence electrons. The lowest BCUT2D eigenvalue weighted by atomic mass is 10.0. The zero-order valence-electron chi connectivity index (χ0n) is 17.1. The van der Waals surface area contributed by atoms with Gasteiger partial charge in [0.1, 0.15) is 5.69 Å². The van der Waals surface area contributed by atoms with Crippen LogP contribution in [0, 0.1) is 5.41 Å². The Kier molecular flexibility index (Phi) is 5.64. The van der Waals surface area contributed by atoms with E-state index in [2.05, 4.69) is 14.9 Å². The third-order valence-electron chi connectivity index (χ3n) is 6.26. The minimum atomic E-state index is -0.379. The highest BCUT2D eigenvalue weighted by Crippen LogP contribution is 2.52. The maximum Gasteiger partial charge on any atom is 0.248 e. The van der Waals surface area contributed by atoms with Crippen molar-refractivity contribution in [3.63, 3.8) is 0 Å². The van der Waals surface area contributed by atoms with Crippen molar-refractivity contribution in [1.29, 1.82) is 0 Å². The summed E-state index contributed by atoms with van der Waals surface area (Å²) in [6, 6.07) is 9.24. The van der Waals surface area contributed by atoms with Gasteiger partial charge in [0.05, 0.1) is 11.6 Å². The second kappa shape index (κ2) is 8.22. The summed E-state index contributed by atoms with van der Waals surface area (Å²) in [4.78, 5) is 35.8. The van der Waals surface area contributed by atoms with E-state index in [1.807, 2.05) is 13.1 Å². The summed E-state index contributed by atoms with van der Waals surface area (Å²) < 4.78 is 0. The highest BCUT2D eigenvalue weighted by molar-refractivity contribution is 6.28. The Morgan fingerprint density at radius 1 is 1.20 bits per heavy atom. The Morgan fingerprint density at radius 2 is 1.87 bits per heavy atom. The molecule has 3 aliphatic rings. The number of nitrogens with zero attached hydrogens (tertiary/aromatic N) is 4. The first-order valence-corrected chi connectivity index (χ1v) is 10.7. The molecule has 1 spiro atoms. The van der Waals surface area contributed by atoms with Gasteiger partial charge in [0, 0.05) is 25.2 Å². The molecule has 1 aliphatic heterocycles. The van der Waals surface area contributed by atoms with Crippen LogP contribution in [0.15, 0.2) is 36.5 Å². The first-order valence-electron chi connectivity index (χ1n) is 10.3. The number of benzene rings is 1. The number of carbonyl (C=O) groups excluding carboxylic acids is 2. The minimum Gasteiger partial charge on any atom is -0.366 e. The predicted molar refractivity (Wildman–Crippen MR) is 117 cm³/mol. The van der Waals surface area contributed by atoms with Crippen molar-refractivity contribution >= 4 is 34.9 Å². The van der Waals surface area contributed by atoms with Gasteiger partial charge in [-0.3, -0.25) is 9.59 Å². The standard InChI is InChI=1S/C15H19ClN4O.C7H7NO/c1-19-11-8-17-14(16)18-12(11)20(10-4-2-3-5-10)9-15(6-7-15)13(19)21;8-7(9)6-4-2-1-3-5-6/h8,10H,2-7,9H2,1H3;1-5H,(H2,8,9). The minimum absolute atomic E-state index is 0.204. The molecule has 2 N–H and O–H groups in total. The van der Waals surface area contributed by atoms with E-state index in [0.29, 0.717) is 11.6 Å². The zero-order chi connectivity index (χ0) is 21.3. The Bertz CT molecular complexity index is 942. The number of primary amides is 1. The molecule has 5 rings (SSSR count). The third-order valence-corrected chi connectivity index (χ3v) is 6.44. The number of amides is 2. The predicted octanol–water partition coefficient (Wildman–Crippen LogP) is 3.42. The Labute approximate surface area is 181 Å². The number of anilines is 2. The maximum atomic E-state index is 12.7. The second-order valence-corrected chi connectivity index (χ2v) is 8.63. The number of aromatic nitrogens is 2. The molecule has 2 aliphatic carbocycles. The first kappa shape index (κ1) is 20.6. The average molecular weight is 428 g/mol. The Hall–Kier alpha value is -2.67. The summed E-state index contributed by atoms with van der Waals surface area (Å²) in [7, 11) is 1.83. The summed E-state index contributed by atoms with van der Waals surface area (Å²) in [5.74, 6) is 0.660. The van der Waals surface area contributed by atoms with Crippen LogP contribution in [0.3, 0.4) is 0 Å². The zero-order valence-corrected chi connectivity index (χ0v) is 17.8. The third kappa shape index (κ3) is 3.99. The van der Waals surface area contributed by atoms with E-state index in [1.165, 1.54) is 25.7 Å². The van der Waals surface area contributed by atoms with E-state index < -0.39 is 0 Å². The smallest absolute Gasteiger partial charge is 0.248 e. The lowest BCUT2D eigenvalue weighted by Gasteiger charge is -2.31. The van der Waals surface area contributed by atoms with Crippen LogP contribution in [0.2, 0.25) is 5.28 Å². The van der Waals surface area contributed by atoms with Crippen LogP contribution in [-0.4, -0.2) is 41.4 Å². The molecule has 2 fully saturated rings. The molecular formula is C22H26ClN5O2. The van der Waals surface area contributed by atoms with Crippen LogP contribution in [0.1, 0.15) is 48.9 Å². The molecule has 2 aromatic rings. The van der Waals surface area contributed by atoms with Gasteiger partial charge in [0.2, 0.25) is 17.1 Å². The van der Waals surface area contributed by atoms with Crippen LogP contribution in [0.5, 0.6) is 0 Å². The summed E-state index contributed by atoms with van der Waals surface area (Å²) >= 11 is 6.02. The topological polar surface area (TPSA) is 92.4 Å². The van der Waals surface area contributed by atoms with Gasteiger partial charge < -0.3 is 15.5 Å². The number of fused-ring (bicyclic) bond motifs is 1. The molecule has 0 radical (unpaired) electrons. The van der Waals surface area contributed by atoms with E-state index in [9.17, 15) is 9.59 Å². The van der Waals surface area contributed by atoms with Crippen molar-refractivity contribution in [1.82, 2.24) is 9.97 Å². The van der Waals surface area contributed by atoms with Crippen LogP contribution in [0.25, 0.3) is 0 Å². The molecule has 8 heteroatoms. The highest BCUT2D eigenvalue weighted by atomic mass is 35.5. The van der Waals surface area contributed by atoms with Crippen molar-refractivity contribution < 1.29 is 9.59 Å². The highest BCUT2D eigenvalue weighted by Gasteiger charge is 2.55. The molecule has 0 unspecified atom stereocenters. The largest absolute Gasteiger partial charge is 0.366 e. The van der Waals surface area contributed by atoms with Gasteiger partial charge in [0.15, 0.2) is 5.82 Å². The van der Waals surface area contributed by atoms with Gasteiger partial charge in [-0.05, 0) is 49.4 Å². The van der Waals surface area contributed by atoms with Gasteiger partial charge in [-0.2, -0.15) is 4.98 Å². The van der Waals surface area contributed by atoms with Crippen LogP contribution in [0.4, 0.5) is 11.5 Å². The first-order chi connectivity index (χ1) is 14.4. The number of hydrogen-bond donors (Lipinski definition) is 1. The monoisotopic (exact) mass is 427 g/mol. The second-order valence-electron chi connectivity index (χ2n) is 8.29. The number of rotatable bonds is 2. The van der Waals surface area contributed by atoms with Crippen molar-refractivity contribution in [3.05, 3.63) is 47.4 Å². The molecule has 1 aromatic heterocycles. The lowest BCUT2D eigenvalue weighted by Crippen LogP contribution is -2.41. The van der Waals surface area contributed by atoms with Crippen LogP contribution in [-0.2, 0) is 4.79 Å². The number of nitrogens with two attached hydrogens (primary N) is 1. The summed E-state index contributed by atoms with van der Waals surface area (Å²) in [5, 5.41) is 0.254. The molecule has 30 heavy (non-hydrogen) atoms. The Balaban J connectivity index is 0.000000204. The lowest BCUT2D eigenvalue weighted by molar-refractivity contribution is -0.122. The van der Waals surface area contributed by atoms with Gasteiger partial charge in [0.25, 0.3) is 0 Å². The Morgan fingerprint density at radius 3 is 2.43 bits per heavy atom. The number of halogens is 1. The van der Waals surface area contributed by atoms with Crippen molar-refractivity contribution in [2.45, 2.75) is 44.6 Å². The average Bonchev–Trinajstić information content (AvgIpc) is 3.36. The van der Waals surface area contributed by atoms with E-state index in [4.69, 9.17) is 17.3 Å². The van der Waals surface area contributed by atoms with E-state index in [1.54, 1.807) is 35.4 Å². The normalized spacial score (nSPS) is 19.7. The fraction of sp³-hybridized carbons (Fsp3) is 0.455. The quantitative estimate of drug-likeness (QED) is 0.741. The fourth-order valence-electron chi connectivity index (χ4n) is 4.37. The number of hydrogen-bond acceptors (Lipinski definition) is 5. The SMILES string of the molecule is CN1C(=O)C2(CC2)CN(C2CCCC2)c2nc(Cl)ncc21.NC(=O)c1ccccc1. The summed E-state index contributed by atoms with van der Waals surface area (Å²) in [6.45, 7) is 0.779. The number of carbonyl (C=O) groups is 2. The fourth-order valence-corrected chi connectivity index (χ4v) is 4.50. The molecule has 0 atom stereocenters. The molecule has 1 aromatic carbocycles. The maximum absolute atomic E-state index is 12.7. The van der Waals surface area contributed by atoms with E-state index in [-0.39, 0.29) is 22.5 Å². The van der Waals surface area contributed by atoms with Gasteiger partial charge in [-0.1, -0.05) is 31.0 Å². The van der Waals surface area contributed by atoms with Gasteiger partial charge in [-0.25, -0.2) is 4.98 Å². The van der Waals surface area contributed by atoms with Gasteiger partial charge >= 0.3 is 0 Å². The van der Waals surface area contributed by atoms with E-state index in [0.717, 1.165) is 30.9 Å². The van der Waals surface area contributed by atoms with Crippen molar-refractivity contribution in [3.8, 4) is 0 Å².